The summed E-state index contributed by atoms with van der Waals surface area (Å²) in [5.41, 5.74) is 2.77. The number of nitrogens with zero attached hydrogens (tertiary/aromatic N) is 2. The Bertz CT molecular complexity index is 872. The third-order valence-corrected chi connectivity index (χ3v) is 4.96. The van der Waals surface area contributed by atoms with Gasteiger partial charge in [-0.25, -0.2) is 9.97 Å². The molecule has 3 aromatic rings. The van der Waals surface area contributed by atoms with Crippen LogP contribution in [0.1, 0.15) is 30.6 Å². The Kier molecular flexibility index (Phi) is 5.14. The van der Waals surface area contributed by atoms with Gasteiger partial charge in [-0.15, -0.1) is 0 Å². The van der Waals surface area contributed by atoms with E-state index in [2.05, 4.69) is 20.3 Å². The van der Waals surface area contributed by atoms with Crippen LogP contribution in [0.15, 0.2) is 47.8 Å². The zero-order valence-electron chi connectivity index (χ0n) is 13.9. The molecule has 25 heavy (non-hydrogen) atoms. The highest BCUT2D eigenvalue weighted by Crippen LogP contribution is 2.25. The van der Waals surface area contributed by atoms with Gasteiger partial charge in [-0.2, -0.15) is 0 Å². The minimum absolute atomic E-state index is 0.00152. The summed E-state index contributed by atoms with van der Waals surface area (Å²) in [5, 5.41) is 3.27. The number of pyridine rings is 1. The number of aromatic amines is 1. The first-order chi connectivity index (χ1) is 12.1. The number of amides is 1. The second-order valence-corrected chi connectivity index (χ2v) is 6.75. The molecule has 0 aliphatic heterocycles. The van der Waals surface area contributed by atoms with Crippen LogP contribution in [0.5, 0.6) is 0 Å². The molecule has 2 N–H and O–H groups in total. The van der Waals surface area contributed by atoms with Crippen molar-refractivity contribution < 1.29 is 9.59 Å². The van der Waals surface area contributed by atoms with Gasteiger partial charge in [0.25, 0.3) is 0 Å². The minimum atomic E-state index is -0.284. The zero-order valence-corrected chi connectivity index (χ0v) is 14.8. The molecule has 0 saturated carbocycles. The number of anilines is 1. The largest absolute Gasteiger partial charge is 0.332 e. The third kappa shape index (κ3) is 4.06. The van der Waals surface area contributed by atoms with Gasteiger partial charge in [0.05, 0.1) is 10.8 Å². The van der Waals surface area contributed by atoms with Crippen molar-refractivity contribution in [3.8, 4) is 0 Å². The van der Waals surface area contributed by atoms with Crippen molar-refractivity contribution in [1.82, 2.24) is 15.0 Å². The molecule has 1 atom stereocenters. The summed E-state index contributed by atoms with van der Waals surface area (Å²) < 4.78 is 0. The van der Waals surface area contributed by atoms with Crippen LogP contribution in [-0.2, 0) is 4.79 Å². The Hall–Kier alpha value is -2.67. The Morgan fingerprint density at radius 2 is 2.00 bits per heavy atom. The summed E-state index contributed by atoms with van der Waals surface area (Å²) in [4.78, 5) is 35.6. The second-order valence-electron chi connectivity index (χ2n) is 5.55. The molecule has 6 nitrogen and oxygen atoms in total. The monoisotopic (exact) mass is 354 g/mol. The molecule has 0 bridgehead atoms. The number of rotatable bonds is 6. The van der Waals surface area contributed by atoms with E-state index in [0.29, 0.717) is 28.5 Å². The molecule has 1 aromatic carbocycles. The van der Waals surface area contributed by atoms with Crippen molar-refractivity contribution in [1.29, 1.82) is 0 Å². The number of imidazole rings is 1. The number of hydrogen-bond acceptors (Lipinski definition) is 5. The number of fused-ring (bicyclic) bond motifs is 1. The highest BCUT2D eigenvalue weighted by Gasteiger charge is 2.20. The second kappa shape index (κ2) is 7.48. The van der Waals surface area contributed by atoms with Crippen molar-refractivity contribution in [2.24, 2.45) is 0 Å². The van der Waals surface area contributed by atoms with E-state index in [-0.39, 0.29) is 16.9 Å². The predicted octanol–water partition coefficient (Wildman–Crippen LogP) is 3.67. The molecule has 0 saturated heterocycles. The van der Waals surface area contributed by atoms with Crippen LogP contribution in [0, 0.1) is 0 Å². The molecule has 1 amide bonds. The fraction of sp³-hybridized carbons (Fsp3) is 0.222. The van der Waals surface area contributed by atoms with Gasteiger partial charge in [-0.1, -0.05) is 18.7 Å². The number of hydrogen-bond donors (Lipinski definition) is 2. The van der Waals surface area contributed by atoms with Crippen molar-refractivity contribution >= 4 is 40.3 Å². The van der Waals surface area contributed by atoms with Crippen molar-refractivity contribution in [2.75, 3.05) is 5.32 Å². The average Bonchev–Trinajstić information content (AvgIpc) is 3.02. The average molecular weight is 354 g/mol. The van der Waals surface area contributed by atoms with Crippen LogP contribution < -0.4 is 5.32 Å². The molecular formula is C18H18N4O2S. The van der Waals surface area contributed by atoms with Crippen LogP contribution in [0.25, 0.3) is 11.2 Å². The topological polar surface area (TPSA) is 87.7 Å². The highest BCUT2D eigenvalue weighted by molar-refractivity contribution is 8.00. The molecule has 128 valence electrons. The van der Waals surface area contributed by atoms with E-state index < -0.39 is 0 Å². The maximum absolute atomic E-state index is 12.5. The molecule has 7 heteroatoms. The lowest BCUT2D eigenvalue weighted by Gasteiger charge is -2.13. The van der Waals surface area contributed by atoms with Gasteiger partial charge in [-0.3, -0.25) is 9.59 Å². The van der Waals surface area contributed by atoms with Crippen LogP contribution in [0.3, 0.4) is 0 Å². The van der Waals surface area contributed by atoms with Crippen molar-refractivity contribution in [3.05, 3.63) is 48.2 Å². The molecule has 2 heterocycles. The van der Waals surface area contributed by atoms with Crippen LogP contribution in [0.4, 0.5) is 5.69 Å². The van der Waals surface area contributed by atoms with Gasteiger partial charge in [0, 0.05) is 17.4 Å². The smallest absolute Gasteiger partial charge is 0.237 e. The Morgan fingerprint density at radius 1 is 1.24 bits per heavy atom. The zero-order chi connectivity index (χ0) is 17.8. The molecule has 0 unspecified atom stereocenters. The Balaban J connectivity index is 1.69. The first kappa shape index (κ1) is 17.2. The number of Topliss-reactive ketones (excluding diaryl/α,β-unsaturated/α-hetero) is 1. The molecule has 0 aliphatic rings. The third-order valence-electron chi connectivity index (χ3n) is 3.71. The van der Waals surface area contributed by atoms with E-state index in [1.807, 2.05) is 19.1 Å². The lowest BCUT2D eigenvalue weighted by Crippen LogP contribution is -2.24. The predicted molar refractivity (Wildman–Crippen MR) is 98.9 cm³/mol. The van der Waals surface area contributed by atoms with Gasteiger partial charge in [-0.05, 0) is 49.7 Å². The number of ketones is 1. The summed E-state index contributed by atoms with van der Waals surface area (Å²) in [6.07, 6.45) is 2.35. The Morgan fingerprint density at radius 3 is 2.64 bits per heavy atom. The number of thioether (sulfide) groups is 1. The fourth-order valence-corrected chi connectivity index (χ4v) is 3.26. The number of benzene rings is 1. The number of H-pyrrole nitrogens is 1. The quantitative estimate of drug-likeness (QED) is 0.521. The first-order valence-corrected chi connectivity index (χ1v) is 8.84. The molecule has 0 fully saturated rings. The van der Waals surface area contributed by atoms with Gasteiger partial charge in [0.2, 0.25) is 5.91 Å². The first-order valence-electron chi connectivity index (χ1n) is 7.96. The summed E-state index contributed by atoms with van der Waals surface area (Å²) in [7, 11) is 0. The van der Waals surface area contributed by atoms with E-state index in [9.17, 15) is 9.59 Å². The van der Waals surface area contributed by atoms with Gasteiger partial charge < -0.3 is 10.3 Å². The fourth-order valence-electron chi connectivity index (χ4n) is 2.35. The minimum Gasteiger partial charge on any atom is -0.332 e. The van der Waals surface area contributed by atoms with E-state index in [1.54, 1.807) is 30.5 Å². The summed E-state index contributed by atoms with van der Waals surface area (Å²) in [5.74, 6) is -0.102. The molecule has 3 rings (SSSR count). The lowest BCUT2D eigenvalue weighted by molar-refractivity contribution is -0.115. The Labute approximate surface area is 149 Å². The number of nitrogens with one attached hydrogen (secondary N) is 2. The van der Waals surface area contributed by atoms with Crippen LogP contribution in [0.2, 0.25) is 0 Å². The van der Waals surface area contributed by atoms with E-state index >= 15 is 0 Å². The molecule has 0 radical (unpaired) electrons. The maximum Gasteiger partial charge on any atom is 0.237 e. The normalized spacial score (nSPS) is 12.1. The number of carbonyl (C=O) groups excluding carboxylic acids is 2. The van der Waals surface area contributed by atoms with E-state index in [0.717, 1.165) is 5.52 Å². The van der Waals surface area contributed by atoms with Crippen LogP contribution >= 0.6 is 11.8 Å². The van der Waals surface area contributed by atoms with Crippen LogP contribution in [-0.4, -0.2) is 31.9 Å². The van der Waals surface area contributed by atoms with E-state index in [4.69, 9.17) is 0 Å². The number of carbonyl (C=O) groups is 2. The van der Waals surface area contributed by atoms with Gasteiger partial charge in [0.1, 0.15) is 0 Å². The molecule has 2 aromatic heterocycles. The SMILES string of the molecule is CC[C@@H](Sc1nc2ncccc2[nH]1)C(=O)Nc1ccc(C(C)=O)cc1. The number of aromatic nitrogens is 3. The summed E-state index contributed by atoms with van der Waals surface area (Å²) >= 11 is 1.38. The maximum atomic E-state index is 12.5. The van der Waals surface area contributed by atoms with Crippen molar-refractivity contribution in [2.45, 2.75) is 30.7 Å². The molecule has 0 aliphatic carbocycles. The summed E-state index contributed by atoms with van der Waals surface area (Å²) in [6.45, 7) is 3.47. The van der Waals surface area contributed by atoms with E-state index in [1.165, 1.54) is 18.7 Å². The van der Waals surface area contributed by atoms with Gasteiger partial charge >= 0.3 is 0 Å². The summed E-state index contributed by atoms with van der Waals surface area (Å²) in [6, 6.07) is 10.6. The van der Waals surface area contributed by atoms with Crippen molar-refractivity contribution in [3.63, 3.8) is 0 Å². The molecule has 0 spiro atoms. The highest BCUT2D eigenvalue weighted by atomic mass is 32.2. The standard InChI is InChI=1S/C18H18N4O2S/c1-3-15(25-18-21-14-5-4-10-19-16(14)22-18)17(24)20-13-8-6-12(7-9-13)11(2)23/h4-10,15H,3H2,1-2H3,(H,20,24)(H,19,21,22)/t15-/m1/s1. The molecular weight excluding hydrogens is 336 g/mol. The van der Waals surface area contributed by atoms with Gasteiger partial charge in [0.15, 0.2) is 16.6 Å². The lowest BCUT2D eigenvalue weighted by atomic mass is 10.1.